The summed E-state index contributed by atoms with van der Waals surface area (Å²) in [6, 6.07) is 114. The van der Waals surface area contributed by atoms with Crippen LogP contribution in [0.3, 0.4) is 0 Å². The summed E-state index contributed by atoms with van der Waals surface area (Å²) in [6.07, 6.45) is 7.34. The fraction of sp³-hybridized carbons (Fsp3) is 0.0874. The number of benzene rings is 17. The molecule has 22 rings (SSSR count). The van der Waals surface area contributed by atoms with Gasteiger partial charge < -0.3 is 8.83 Å². The largest absolute Gasteiger partial charge is 0.455 e. The molecular formula is C103H70O2. The Morgan fingerprint density at radius 3 is 1.32 bits per heavy atom. The molecule has 0 saturated heterocycles. The lowest BCUT2D eigenvalue weighted by Crippen LogP contribution is -2.15. The first kappa shape index (κ1) is 60.0. The van der Waals surface area contributed by atoms with E-state index in [9.17, 15) is 0 Å². The number of hydrogen-bond donors (Lipinski definition) is 0. The van der Waals surface area contributed by atoms with Crippen LogP contribution in [0.25, 0.3) is 192 Å². The maximum absolute atomic E-state index is 7.00. The molecule has 2 heteroatoms. The van der Waals surface area contributed by atoms with Crippen LogP contribution in [0.5, 0.6) is 0 Å². The van der Waals surface area contributed by atoms with Crippen molar-refractivity contribution in [2.45, 2.75) is 51.4 Å². The molecule has 0 fully saturated rings. The van der Waals surface area contributed by atoms with Gasteiger partial charge in [0.25, 0.3) is 0 Å². The fourth-order valence-corrected chi connectivity index (χ4v) is 19.6. The summed E-state index contributed by atoms with van der Waals surface area (Å²) in [4.78, 5) is 0. The van der Waals surface area contributed by atoms with Crippen molar-refractivity contribution in [3.8, 4) is 77.9 Å². The normalized spacial score (nSPS) is 15.6. The zero-order chi connectivity index (χ0) is 69.7. The fourth-order valence-electron chi connectivity index (χ4n) is 19.6. The molecule has 17 aromatic carbocycles. The summed E-state index contributed by atoms with van der Waals surface area (Å²) >= 11 is 0. The van der Waals surface area contributed by atoms with E-state index < -0.39 is 0 Å². The highest BCUT2D eigenvalue weighted by Gasteiger charge is 2.38. The van der Waals surface area contributed by atoms with Gasteiger partial charge in [0.05, 0.1) is 0 Å². The first-order valence-electron chi connectivity index (χ1n) is 37.1. The highest BCUT2D eigenvalue weighted by molar-refractivity contribution is 6.24. The minimum Gasteiger partial charge on any atom is -0.455 e. The van der Waals surface area contributed by atoms with Crippen molar-refractivity contribution in [1.29, 1.82) is 0 Å². The topological polar surface area (TPSA) is 26.3 Å². The smallest absolute Gasteiger partial charge is 0.143 e. The average molecular weight is 1340 g/mol. The zero-order valence-electron chi connectivity index (χ0n) is 59.1. The molecule has 3 aliphatic rings. The average Bonchev–Trinajstić information content (AvgIpc) is 1.40. The molecule has 105 heavy (non-hydrogen) atoms. The molecule has 19 aromatic rings. The second kappa shape index (κ2) is 22.2. The number of allylic oxidation sites excluding steroid dienone is 4. The predicted octanol–water partition coefficient (Wildman–Crippen LogP) is 28.7. The van der Waals surface area contributed by atoms with Crippen LogP contribution in [0.1, 0.15) is 73.9 Å². The van der Waals surface area contributed by atoms with E-state index in [2.05, 4.69) is 356 Å². The summed E-state index contributed by atoms with van der Waals surface area (Å²) in [5.41, 5.74) is 30.1. The van der Waals surface area contributed by atoms with Gasteiger partial charge in [0.1, 0.15) is 22.3 Å². The molecule has 0 spiro atoms. The van der Waals surface area contributed by atoms with E-state index in [1.807, 2.05) is 0 Å². The van der Waals surface area contributed by atoms with Crippen molar-refractivity contribution in [2.24, 2.45) is 5.92 Å². The molecule has 0 amide bonds. The molecule has 0 aliphatic heterocycles. The van der Waals surface area contributed by atoms with E-state index in [0.29, 0.717) is 0 Å². The molecule has 2 atom stereocenters. The lowest BCUT2D eigenvalue weighted by molar-refractivity contribution is 0.645. The predicted molar refractivity (Wildman–Crippen MR) is 444 cm³/mol. The summed E-state index contributed by atoms with van der Waals surface area (Å²) < 4.78 is 13.7. The molecule has 2 aromatic heterocycles. The highest BCUT2D eigenvalue weighted by atomic mass is 16.3. The van der Waals surface area contributed by atoms with Gasteiger partial charge in [-0.2, -0.15) is 0 Å². The Bertz CT molecular complexity index is 7000. The van der Waals surface area contributed by atoms with Crippen molar-refractivity contribution in [3.63, 3.8) is 0 Å². The molecule has 3 aliphatic carbocycles. The molecule has 2 nitrogen and oxygen atoms in total. The van der Waals surface area contributed by atoms with E-state index in [4.69, 9.17) is 8.83 Å². The molecule has 0 N–H and O–H groups in total. The molecule has 0 bridgehead atoms. The van der Waals surface area contributed by atoms with Crippen LogP contribution in [0, 0.1) is 5.92 Å². The van der Waals surface area contributed by atoms with Crippen molar-refractivity contribution < 1.29 is 8.83 Å². The van der Waals surface area contributed by atoms with Crippen molar-refractivity contribution >= 4 is 114 Å². The maximum Gasteiger partial charge on any atom is 0.143 e. The van der Waals surface area contributed by atoms with Crippen molar-refractivity contribution in [1.82, 2.24) is 0 Å². The number of fused-ring (bicyclic) bond motifs is 20. The van der Waals surface area contributed by atoms with Crippen LogP contribution in [-0.4, -0.2) is 0 Å². The Kier molecular flexibility index (Phi) is 12.7. The second-order valence-corrected chi connectivity index (χ2v) is 30.8. The zero-order valence-corrected chi connectivity index (χ0v) is 59.1. The number of hydrogen-bond acceptors (Lipinski definition) is 2. The van der Waals surface area contributed by atoms with Crippen LogP contribution < -0.4 is 0 Å². The third-order valence-corrected chi connectivity index (χ3v) is 24.5. The van der Waals surface area contributed by atoms with Gasteiger partial charge in [-0.25, -0.2) is 0 Å². The van der Waals surface area contributed by atoms with E-state index in [1.165, 1.54) is 160 Å². The van der Waals surface area contributed by atoms with Crippen molar-refractivity contribution in [2.75, 3.05) is 0 Å². The third-order valence-electron chi connectivity index (χ3n) is 24.5. The minimum absolute atomic E-state index is 0.101. The van der Waals surface area contributed by atoms with E-state index in [0.717, 1.165) is 65.8 Å². The van der Waals surface area contributed by atoms with Gasteiger partial charge in [0.2, 0.25) is 0 Å². The van der Waals surface area contributed by atoms with Crippen LogP contribution in [0.15, 0.2) is 330 Å². The standard InChI is InChI=1S/C103H70O2/c1-59-53-64(71-35-20-38-93-99(71)85-50-39-60-21-6-7-24-72(60)100(85)104-93)41-46-69(59)97-83-32-14-12-30-81(83)96(82-31-13-15-33-84(82)97)68-44-49-76-87-56-62(45-52-89(87)103(4,5)91(76)58-68)61-40-47-73-65(54-61)42-51-86-98-70(34-19-37-92(98)105-101(73)86)63-22-18-23-66(55-63)94-77-26-8-10-28-79(77)95(80-29-11-9-27-78(80)94)67-43-48-75-74-25-16-17-36-88(74)102(2,3)90(75)57-67/h6-59,69H,1-5H3. The summed E-state index contributed by atoms with van der Waals surface area (Å²) in [7, 11) is 0. The lowest BCUT2D eigenvalue weighted by atomic mass is 9.75. The first-order valence-corrected chi connectivity index (χ1v) is 37.1. The van der Waals surface area contributed by atoms with Gasteiger partial charge >= 0.3 is 0 Å². The van der Waals surface area contributed by atoms with E-state index in [-0.39, 0.29) is 22.7 Å². The monoisotopic (exact) mass is 1340 g/mol. The summed E-state index contributed by atoms with van der Waals surface area (Å²) in [5, 5.41) is 19.3. The second-order valence-electron chi connectivity index (χ2n) is 30.8. The van der Waals surface area contributed by atoms with E-state index >= 15 is 0 Å². The van der Waals surface area contributed by atoms with Crippen LogP contribution in [0.2, 0.25) is 0 Å². The summed E-state index contributed by atoms with van der Waals surface area (Å²) in [6.45, 7) is 12.0. The molecule has 0 radical (unpaired) electrons. The Morgan fingerprint density at radius 1 is 0.276 bits per heavy atom. The van der Waals surface area contributed by atoms with Gasteiger partial charge in [-0.15, -0.1) is 0 Å². The minimum atomic E-state index is -0.224. The maximum atomic E-state index is 7.00. The van der Waals surface area contributed by atoms with Crippen molar-refractivity contribution in [3.05, 3.63) is 355 Å². The van der Waals surface area contributed by atoms with Gasteiger partial charge in [-0.1, -0.05) is 296 Å². The lowest BCUT2D eigenvalue weighted by Gasteiger charge is -2.28. The van der Waals surface area contributed by atoms with E-state index in [1.54, 1.807) is 0 Å². The Labute approximate surface area is 609 Å². The third kappa shape index (κ3) is 8.66. The molecule has 494 valence electrons. The Balaban J connectivity index is 0.588. The highest BCUT2D eigenvalue weighted by Crippen LogP contribution is 2.56. The van der Waals surface area contributed by atoms with Crippen LogP contribution in [0.4, 0.5) is 0 Å². The quantitative estimate of drug-likeness (QED) is 0.149. The van der Waals surface area contributed by atoms with Gasteiger partial charge in [-0.05, 0) is 237 Å². The first-order chi connectivity index (χ1) is 51.5. The SMILES string of the molecule is CC1C=C(c2cccc3oc4c5ccccc5ccc4c23)C=CC1c1c2ccccc2c(-c2ccc3c(c2)C(C)(C)c2ccc(-c4ccc5c(ccc6c5oc5cccc(-c7cccc(-c8c9ccccc9c(-c9ccc%10c(c9)C(C)(C)c9ccccc9-%10)c9ccccc89)c7)c56)c4)cc2-3)c2ccccc12. The van der Waals surface area contributed by atoms with Crippen LogP contribution in [-0.2, 0) is 10.8 Å². The summed E-state index contributed by atoms with van der Waals surface area (Å²) in [5.74, 6) is 0.391. The Morgan fingerprint density at radius 2 is 0.705 bits per heavy atom. The van der Waals surface area contributed by atoms with Gasteiger partial charge in [0, 0.05) is 49.1 Å². The van der Waals surface area contributed by atoms with Gasteiger partial charge in [-0.3, -0.25) is 0 Å². The molecule has 0 saturated carbocycles. The number of rotatable bonds is 7. The molecule has 2 heterocycles. The molecular weight excluding hydrogens is 1270 g/mol. The number of furan rings is 2. The van der Waals surface area contributed by atoms with Crippen LogP contribution >= 0.6 is 0 Å². The molecule has 2 unspecified atom stereocenters. The Hall–Kier alpha value is -12.6. The van der Waals surface area contributed by atoms with Gasteiger partial charge in [0.15, 0.2) is 0 Å².